The van der Waals surface area contributed by atoms with Gasteiger partial charge in [0.05, 0.1) is 13.2 Å². The summed E-state index contributed by atoms with van der Waals surface area (Å²) in [5.74, 6) is 0.913. The Morgan fingerprint density at radius 2 is 1.80 bits per heavy atom. The molecular formula is C16H20N2O2. The predicted molar refractivity (Wildman–Crippen MR) is 81.1 cm³/mol. The van der Waals surface area contributed by atoms with E-state index in [9.17, 15) is 0 Å². The molecule has 0 aromatic heterocycles. The van der Waals surface area contributed by atoms with Crippen LogP contribution in [0.2, 0.25) is 0 Å². The summed E-state index contributed by atoms with van der Waals surface area (Å²) in [5.41, 5.74) is 6.57. The summed E-state index contributed by atoms with van der Waals surface area (Å²) >= 11 is 0. The second-order valence-corrected chi connectivity index (χ2v) is 5.07. The van der Waals surface area contributed by atoms with Crippen molar-refractivity contribution in [2.75, 3.05) is 45.2 Å². The van der Waals surface area contributed by atoms with Crippen molar-refractivity contribution < 1.29 is 9.47 Å². The lowest BCUT2D eigenvalue weighted by Crippen LogP contribution is -2.38. The average molecular weight is 272 g/mol. The third-order valence-electron chi connectivity index (χ3n) is 3.62. The maximum absolute atomic E-state index is 5.83. The third kappa shape index (κ3) is 3.21. The molecule has 2 aromatic rings. The Morgan fingerprint density at radius 1 is 1.05 bits per heavy atom. The summed E-state index contributed by atoms with van der Waals surface area (Å²) < 4.78 is 11.2. The first-order valence-corrected chi connectivity index (χ1v) is 7.03. The minimum Gasteiger partial charge on any atom is -0.492 e. The highest BCUT2D eigenvalue weighted by Gasteiger charge is 2.09. The van der Waals surface area contributed by atoms with Gasteiger partial charge < -0.3 is 15.2 Å². The second-order valence-electron chi connectivity index (χ2n) is 5.07. The SMILES string of the molecule is Nc1ccc2cc(OCCN3CCOCC3)ccc2c1. The number of hydrogen-bond donors (Lipinski definition) is 1. The van der Waals surface area contributed by atoms with Crippen molar-refractivity contribution in [1.29, 1.82) is 0 Å². The van der Waals surface area contributed by atoms with Crippen LogP contribution in [-0.2, 0) is 4.74 Å². The number of rotatable bonds is 4. The molecule has 1 heterocycles. The molecule has 1 fully saturated rings. The Kier molecular flexibility index (Phi) is 4.04. The minimum absolute atomic E-state index is 0.709. The van der Waals surface area contributed by atoms with Crippen LogP contribution >= 0.6 is 0 Å². The normalized spacial score (nSPS) is 16.4. The van der Waals surface area contributed by atoms with E-state index in [2.05, 4.69) is 17.0 Å². The number of ether oxygens (including phenoxy) is 2. The second kappa shape index (κ2) is 6.11. The van der Waals surface area contributed by atoms with E-state index in [-0.39, 0.29) is 0 Å². The van der Waals surface area contributed by atoms with Crippen LogP contribution in [-0.4, -0.2) is 44.4 Å². The molecule has 0 atom stereocenters. The summed E-state index contributed by atoms with van der Waals surface area (Å²) in [6, 6.07) is 12.0. The lowest BCUT2D eigenvalue weighted by molar-refractivity contribution is 0.0322. The summed E-state index contributed by atoms with van der Waals surface area (Å²) in [5, 5.41) is 2.30. The summed E-state index contributed by atoms with van der Waals surface area (Å²) in [7, 11) is 0. The zero-order valence-electron chi connectivity index (χ0n) is 11.5. The quantitative estimate of drug-likeness (QED) is 0.866. The Hall–Kier alpha value is -1.78. The molecule has 4 nitrogen and oxygen atoms in total. The van der Waals surface area contributed by atoms with Gasteiger partial charge in [-0.25, -0.2) is 0 Å². The number of morpholine rings is 1. The van der Waals surface area contributed by atoms with Crippen LogP contribution in [0.5, 0.6) is 5.75 Å². The van der Waals surface area contributed by atoms with Gasteiger partial charge in [-0.15, -0.1) is 0 Å². The molecule has 1 saturated heterocycles. The highest BCUT2D eigenvalue weighted by molar-refractivity contribution is 5.86. The zero-order valence-corrected chi connectivity index (χ0v) is 11.5. The molecule has 2 aromatic carbocycles. The van der Waals surface area contributed by atoms with E-state index in [1.807, 2.05) is 24.3 Å². The molecule has 20 heavy (non-hydrogen) atoms. The van der Waals surface area contributed by atoms with E-state index in [4.69, 9.17) is 15.2 Å². The standard InChI is InChI=1S/C16H20N2O2/c17-15-3-1-14-12-16(4-2-13(14)11-15)20-10-7-18-5-8-19-9-6-18/h1-4,11-12H,5-10,17H2. The molecule has 0 bridgehead atoms. The third-order valence-corrected chi connectivity index (χ3v) is 3.62. The van der Waals surface area contributed by atoms with Gasteiger partial charge in [0, 0.05) is 25.3 Å². The Balaban J connectivity index is 1.58. The van der Waals surface area contributed by atoms with Gasteiger partial charge in [0.2, 0.25) is 0 Å². The van der Waals surface area contributed by atoms with Crippen LogP contribution in [0.3, 0.4) is 0 Å². The van der Waals surface area contributed by atoms with Gasteiger partial charge >= 0.3 is 0 Å². The van der Waals surface area contributed by atoms with Crippen molar-refractivity contribution in [2.45, 2.75) is 0 Å². The van der Waals surface area contributed by atoms with Crippen LogP contribution in [0.15, 0.2) is 36.4 Å². The zero-order chi connectivity index (χ0) is 13.8. The van der Waals surface area contributed by atoms with Crippen LogP contribution in [0.1, 0.15) is 0 Å². The van der Waals surface area contributed by atoms with Crippen LogP contribution < -0.4 is 10.5 Å². The van der Waals surface area contributed by atoms with Gasteiger partial charge in [-0.1, -0.05) is 12.1 Å². The minimum atomic E-state index is 0.709. The van der Waals surface area contributed by atoms with E-state index in [1.165, 1.54) is 0 Å². The van der Waals surface area contributed by atoms with Crippen molar-refractivity contribution >= 4 is 16.5 Å². The number of benzene rings is 2. The van der Waals surface area contributed by atoms with Crippen molar-refractivity contribution in [3.63, 3.8) is 0 Å². The summed E-state index contributed by atoms with van der Waals surface area (Å²) in [6.07, 6.45) is 0. The highest BCUT2D eigenvalue weighted by Crippen LogP contribution is 2.22. The fraction of sp³-hybridized carbons (Fsp3) is 0.375. The maximum Gasteiger partial charge on any atom is 0.120 e. The molecule has 0 aliphatic carbocycles. The Bertz CT molecular complexity index is 580. The van der Waals surface area contributed by atoms with Crippen molar-refractivity contribution in [2.24, 2.45) is 0 Å². The Morgan fingerprint density at radius 3 is 2.65 bits per heavy atom. The Labute approximate surface area is 119 Å². The van der Waals surface area contributed by atoms with Crippen LogP contribution in [0.25, 0.3) is 10.8 Å². The van der Waals surface area contributed by atoms with Gasteiger partial charge in [-0.2, -0.15) is 0 Å². The molecule has 0 radical (unpaired) electrons. The first kappa shape index (κ1) is 13.2. The average Bonchev–Trinajstić information content (AvgIpc) is 2.48. The lowest BCUT2D eigenvalue weighted by atomic mass is 10.1. The molecule has 0 amide bonds. The van der Waals surface area contributed by atoms with Gasteiger partial charge in [-0.05, 0) is 35.0 Å². The van der Waals surface area contributed by atoms with Crippen LogP contribution in [0, 0.1) is 0 Å². The molecule has 3 rings (SSSR count). The van der Waals surface area contributed by atoms with Gasteiger partial charge in [0.1, 0.15) is 12.4 Å². The van der Waals surface area contributed by atoms with E-state index in [0.717, 1.165) is 55.1 Å². The predicted octanol–water partition coefficient (Wildman–Crippen LogP) is 2.13. The van der Waals surface area contributed by atoms with Gasteiger partial charge in [0.25, 0.3) is 0 Å². The summed E-state index contributed by atoms with van der Waals surface area (Å²) in [4.78, 5) is 2.37. The van der Waals surface area contributed by atoms with Gasteiger partial charge in [-0.3, -0.25) is 4.90 Å². The van der Waals surface area contributed by atoms with E-state index in [0.29, 0.717) is 6.61 Å². The van der Waals surface area contributed by atoms with Crippen molar-refractivity contribution in [3.05, 3.63) is 36.4 Å². The van der Waals surface area contributed by atoms with E-state index in [1.54, 1.807) is 0 Å². The number of nitrogens with two attached hydrogens (primary N) is 1. The number of hydrogen-bond acceptors (Lipinski definition) is 4. The van der Waals surface area contributed by atoms with Crippen molar-refractivity contribution in [1.82, 2.24) is 4.90 Å². The van der Waals surface area contributed by atoms with Crippen LogP contribution in [0.4, 0.5) is 5.69 Å². The fourth-order valence-electron chi connectivity index (χ4n) is 2.45. The smallest absolute Gasteiger partial charge is 0.120 e. The molecular weight excluding hydrogens is 252 g/mol. The highest BCUT2D eigenvalue weighted by atomic mass is 16.5. The number of nitrogens with zero attached hydrogens (tertiary/aromatic N) is 1. The molecule has 0 spiro atoms. The molecule has 4 heteroatoms. The van der Waals surface area contributed by atoms with E-state index >= 15 is 0 Å². The first-order chi connectivity index (χ1) is 9.81. The number of nitrogen functional groups attached to an aromatic ring is 1. The molecule has 106 valence electrons. The molecule has 0 unspecified atom stereocenters. The lowest BCUT2D eigenvalue weighted by Gasteiger charge is -2.26. The summed E-state index contributed by atoms with van der Waals surface area (Å²) in [6.45, 7) is 5.32. The van der Waals surface area contributed by atoms with Gasteiger partial charge in [0.15, 0.2) is 0 Å². The van der Waals surface area contributed by atoms with Crippen molar-refractivity contribution in [3.8, 4) is 5.75 Å². The fourth-order valence-corrected chi connectivity index (χ4v) is 2.45. The maximum atomic E-state index is 5.83. The topological polar surface area (TPSA) is 47.7 Å². The number of anilines is 1. The molecule has 2 N–H and O–H groups in total. The van der Waals surface area contributed by atoms with E-state index < -0.39 is 0 Å². The molecule has 1 aliphatic heterocycles. The first-order valence-electron chi connectivity index (χ1n) is 7.03. The molecule has 1 aliphatic rings. The monoisotopic (exact) mass is 272 g/mol. The largest absolute Gasteiger partial charge is 0.492 e. The molecule has 0 saturated carbocycles. The number of fused-ring (bicyclic) bond motifs is 1.